The first-order valence-corrected chi connectivity index (χ1v) is 7.68. The summed E-state index contributed by atoms with van der Waals surface area (Å²) in [5.41, 5.74) is 1.65. The molecule has 2 rings (SSSR count). The van der Waals surface area contributed by atoms with Crippen LogP contribution in [0, 0.1) is 6.92 Å². The van der Waals surface area contributed by atoms with Crippen molar-refractivity contribution in [2.45, 2.75) is 20.0 Å². The van der Waals surface area contributed by atoms with Gasteiger partial charge in [-0.2, -0.15) is 0 Å². The number of carbonyl (C=O) groups excluding carboxylic acids is 1. The van der Waals surface area contributed by atoms with E-state index in [9.17, 15) is 4.79 Å². The van der Waals surface area contributed by atoms with Crippen molar-refractivity contribution in [3.63, 3.8) is 0 Å². The number of aryl methyl sites for hydroxylation is 1. The van der Waals surface area contributed by atoms with Gasteiger partial charge in [0.15, 0.2) is 5.96 Å². The highest BCUT2D eigenvalue weighted by atomic mass is 127. The van der Waals surface area contributed by atoms with Crippen molar-refractivity contribution in [2.24, 2.45) is 4.99 Å². The van der Waals surface area contributed by atoms with Crippen LogP contribution < -0.4 is 5.32 Å². The van der Waals surface area contributed by atoms with Crippen LogP contribution in [-0.4, -0.2) is 38.0 Å². The lowest BCUT2D eigenvalue weighted by Crippen LogP contribution is -2.37. The van der Waals surface area contributed by atoms with Crippen LogP contribution in [0.1, 0.15) is 27.4 Å². The Hall–Kier alpha value is -2.03. The monoisotopic (exact) mass is 457 g/mol. The summed E-state index contributed by atoms with van der Waals surface area (Å²) in [6.07, 6.45) is 0. The number of halogens is 1. The molecule has 0 saturated carbocycles. The Balaban J connectivity index is 0.00000312. The Labute approximate surface area is 165 Å². The van der Waals surface area contributed by atoms with E-state index in [1.807, 2.05) is 30.1 Å². The predicted octanol–water partition coefficient (Wildman–Crippen LogP) is 3.20. The van der Waals surface area contributed by atoms with Crippen LogP contribution in [0.2, 0.25) is 0 Å². The minimum Gasteiger partial charge on any atom is -0.465 e. The SMILES string of the molecule is CN=C(NCc1cc(C(=O)OC)c(C)o1)N(C)Cc1ccccc1.I. The summed E-state index contributed by atoms with van der Waals surface area (Å²) in [7, 11) is 5.06. The number of ether oxygens (including phenoxy) is 1. The molecule has 0 saturated heterocycles. The number of methoxy groups -OCH3 is 1. The normalized spacial score (nSPS) is 10.8. The van der Waals surface area contributed by atoms with Crippen LogP contribution in [-0.2, 0) is 17.8 Å². The quantitative estimate of drug-likeness (QED) is 0.323. The zero-order chi connectivity index (χ0) is 17.5. The summed E-state index contributed by atoms with van der Waals surface area (Å²) in [6.45, 7) is 2.92. The van der Waals surface area contributed by atoms with E-state index >= 15 is 0 Å². The van der Waals surface area contributed by atoms with Gasteiger partial charge in [0.1, 0.15) is 17.1 Å². The average molecular weight is 457 g/mol. The molecule has 1 aromatic carbocycles. The minimum atomic E-state index is -0.395. The molecule has 25 heavy (non-hydrogen) atoms. The van der Waals surface area contributed by atoms with Gasteiger partial charge in [-0.25, -0.2) is 4.79 Å². The number of aliphatic imine (C=N–C) groups is 1. The van der Waals surface area contributed by atoms with Gasteiger partial charge in [0, 0.05) is 20.6 Å². The smallest absolute Gasteiger partial charge is 0.341 e. The minimum absolute atomic E-state index is 0. The van der Waals surface area contributed by atoms with Crippen molar-refractivity contribution in [3.8, 4) is 0 Å². The number of nitrogens with zero attached hydrogens (tertiary/aromatic N) is 2. The van der Waals surface area contributed by atoms with Gasteiger partial charge in [0.2, 0.25) is 0 Å². The summed E-state index contributed by atoms with van der Waals surface area (Å²) < 4.78 is 10.3. The third-order valence-electron chi connectivity index (χ3n) is 3.63. The molecule has 1 heterocycles. The van der Waals surface area contributed by atoms with E-state index in [1.54, 1.807) is 20.0 Å². The Morgan fingerprint density at radius 1 is 1.32 bits per heavy atom. The summed E-state index contributed by atoms with van der Waals surface area (Å²) >= 11 is 0. The lowest BCUT2D eigenvalue weighted by atomic mass is 10.2. The molecule has 1 aromatic heterocycles. The van der Waals surface area contributed by atoms with Gasteiger partial charge in [-0.3, -0.25) is 4.99 Å². The third kappa shape index (κ3) is 5.77. The molecular formula is C18H24IN3O3. The zero-order valence-corrected chi connectivity index (χ0v) is 17.2. The van der Waals surface area contributed by atoms with Crippen LogP contribution in [0.5, 0.6) is 0 Å². The first kappa shape index (κ1) is 21.0. The molecule has 136 valence electrons. The number of guanidine groups is 1. The predicted molar refractivity (Wildman–Crippen MR) is 108 cm³/mol. The van der Waals surface area contributed by atoms with Crippen molar-refractivity contribution in [1.29, 1.82) is 0 Å². The van der Waals surface area contributed by atoms with E-state index in [0.717, 1.165) is 12.5 Å². The highest BCUT2D eigenvalue weighted by Crippen LogP contribution is 2.15. The van der Waals surface area contributed by atoms with Crippen LogP contribution in [0.15, 0.2) is 45.8 Å². The van der Waals surface area contributed by atoms with Gasteiger partial charge in [0.25, 0.3) is 0 Å². The Kier molecular flexibility index (Phi) is 8.47. The molecule has 7 heteroatoms. The number of benzene rings is 1. The fraction of sp³-hybridized carbons (Fsp3) is 0.333. The second-order valence-electron chi connectivity index (χ2n) is 5.42. The molecule has 0 aliphatic rings. The summed E-state index contributed by atoms with van der Waals surface area (Å²) in [4.78, 5) is 17.9. The molecule has 0 aliphatic heterocycles. The van der Waals surface area contributed by atoms with Crippen molar-refractivity contribution in [1.82, 2.24) is 10.2 Å². The van der Waals surface area contributed by atoms with Gasteiger partial charge >= 0.3 is 5.97 Å². The lowest BCUT2D eigenvalue weighted by Gasteiger charge is -2.21. The second-order valence-corrected chi connectivity index (χ2v) is 5.42. The number of carbonyl (C=O) groups is 1. The molecule has 0 atom stereocenters. The van der Waals surface area contributed by atoms with Crippen LogP contribution in [0.3, 0.4) is 0 Å². The highest BCUT2D eigenvalue weighted by molar-refractivity contribution is 14.0. The molecule has 0 fully saturated rings. The molecule has 0 unspecified atom stereocenters. The Morgan fingerprint density at radius 3 is 2.60 bits per heavy atom. The standard InChI is InChI=1S/C18H23N3O3.HI/c1-13-16(17(22)23-4)10-15(24-13)11-20-18(19-2)21(3)12-14-8-6-5-7-9-14;/h5-10H,11-12H2,1-4H3,(H,19,20);1H. The van der Waals surface area contributed by atoms with E-state index < -0.39 is 5.97 Å². The highest BCUT2D eigenvalue weighted by Gasteiger charge is 2.16. The first-order chi connectivity index (χ1) is 11.5. The van der Waals surface area contributed by atoms with Gasteiger partial charge < -0.3 is 19.4 Å². The fourth-order valence-electron chi connectivity index (χ4n) is 2.43. The molecule has 1 N–H and O–H groups in total. The zero-order valence-electron chi connectivity index (χ0n) is 14.9. The van der Waals surface area contributed by atoms with Crippen LogP contribution in [0.4, 0.5) is 0 Å². The van der Waals surface area contributed by atoms with Gasteiger partial charge in [-0.15, -0.1) is 24.0 Å². The third-order valence-corrected chi connectivity index (χ3v) is 3.63. The second kappa shape index (κ2) is 10.1. The molecule has 0 amide bonds. The Bertz CT molecular complexity index is 714. The maximum absolute atomic E-state index is 11.6. The molecular weight excluding hydrogens is 433 g/mol. The number of rotatable bonds is 5. The molecule has 0 bridgehead atoms. The van der Waals surface area contributed by atoms with E-state index in [1.165, 1.54) is 12.7 Å². The van der Waals surface area contributed by atoms with E-state index in [4.69, 9.17) is 9.15 Å². The lowest BCUT2D eigenvalue weighted by molar-refractivity contribution is 0.0599. The molecule has 0 radical (unpaired) electrons. The number of hydrogen-bond donors (Lipinski definition) is 1. The summed E-state index contributed by atoms with van der Waals surface area (Å²) in [5, 5.41) is 3.23. The number of nitrogens with one attached hydrogen (secondary N) is 1. The van der Waals surface area contributed by atoms with E-state index in [-0.39, 0.29) is 24.0 Å². The van der Waals surface area contributed by atoms with Crippen LogP contribution >= 0.6 is 24.0 Å². The number of esters is 1. The first-order valence-electron chi connectivity index (χ1n) is 7.68. The Morgan fingerprint density at radius 2 is 2.00 bits per heavy atom. The fourth-order valence-corrected chi connectivity index (χ4v) is 2.43. The maximum atomic E-state index is 11.6. The molecule has 6 nitrogen and oxygen atoms in total. The summed E-state index contributed by atoms with van der Waals surface area (Å²) in [6, 6.07) is 11.9. The molecule has 0 aliphatic carbocycles. The van der Waals surface area contributed by atoms with Gasteiger partial charge in [0.05, 0.1) is 13.7 Å². The van der Waals surface area contributed by atoms with Crippen molar-refractivity contribution >= 4 is 35.9 Å². The summed E-state index contributed by atoms with van der Waals surface area (Å²) in [5.74, 6) is 1.55. The maximum Gasteiger partial charge on any atom is 0.341 e. The van der Waals surface area contributed by atoms with Crippen LogP contribution in [0.25, 0.3) is 0 Å². The topological polar surface area (TPSA) is 67.1 Å². The van der Waals surface area contributed by atoms with Gasteiger partial charge in [-0.05, 0) is 18.6 Å². The van der Waals surface area contributed by atoms with E-state index in [0.29, 0.717) is 23.6 Å². The average Bonchev–Trinajstić information content (AvgIpc) is 2.96. The van der Waals surface area contributed by atoms with Crippen molar-refractivity contribution in [2.75, 3.05) is 21.2 Å². The van der Waals surface area contributed by atoms with Crippen molar-refractivity contribution in [3.05, 3.63) is 59.0 Å². The number of hydrogen-bond acceptors (Lipinski definition) is 4. The van der Waals surface area contributed by atoms with Gasteiger partial charge in [-0.1, -0.05) is 30.3 Å². The molecule has 0 spiro atoms. The number of furan rings is 1. The van der Waals surface area contributed by atoms with E-state index in [2.05, 4.69) is 22.4 Å². The largest absolute Gasteiger partial charge is 0.465 e. The molecule has 2 aromatic rings. The van der Waals surface area contributed by atoms with Crippen molar-refractivity contribution < 1.29 is 13.9 Å².